The van der Waals surface area contributed by atoms with E-state index in [2.05, 4.69) is 0 Å². The SMILES string of the molecule is FSN(SF)c1ccccc1. The average Bonchev–Trinajstić information content (AvgIpc) is 2.09. The maximum atomic E-state index is 11.9. The number of hydrogen-bond donors (Lipinski definition) is 0. The van der Waals surface area contributed by atoms with Gasteiger partial charge in [-0.3, -0.25) is 0 Å². The van der Waals surface area contributed by atoms with E-state index in [1.165, 1.54) is 0 Å². The van der Waals surface area contributed by atoms with Crippen LogP contribution in [-0.2, 0) is 0 Å². The summed E-state index contributed by atoms with van der Waals surface area (Å²) in [6.07, 6.45) is 0. The molecule has 0 bridgehead atoms. The second kappa shape index (κ2) is 4.46. The molecule has 0 aromatic heterocycles. The van der Waals surface area contributed by atoms with Crippen LogP contribution >= 0.6 is 24.7 Å². The normalized spacial score (nSPS) is 9.64. The Hall–Kier alpha value is -0.420. The van der Waals surface area contributed by atoms with Crippen LogP contribution in [0.3, 0.4) is 0 Å². The van der Waals surface area contributed by atoms with Gasteiger partial charge in [0.25, 0.3) is 0 Å². The molecule has 60 valence electrons. The van der Waals surface area contributed by atoms with E-state index in [4.69, 9.17) is 0 Å². The topological polar surface area (TPSA) is 3.24 Å². The van der Waals surface area contributed by atoms with Crippen LogP contribution in [-0.4, -0.2) is 0 Å². The number of nitrogens with zero attached hydrogens (tertiary/aromatic N) is 1. The quantitative estimate of drug-likeness (QED) is 0.676. The number of para-hydroxylation sites is 1. The Bertz CT molecular complexity index is 203. The lowest BCUT2D eigenvalue weighted by Gasteiger charge is -2.10. The van der Waals surface area contributed by atoms with Crippen molar-refractivity contribution in [2.45, 2.75) is 0 Å². The number of halogens is 2. The third-order valence-corrected chi connectivity index (χ3v) is 2.10. The third-order valence-electron chi connectivity index (χ3n) is 1.09. The standard InChI is InChI=1S/C6H5F2NS2/c7-10-9(11-8)6-4-2-1-3-5-6/h1-5H. The van der Waals surface area contributed by atoms with Gasteiger partial charge in [-0.25, -0.2) is 3.71 Å². The van der Waals surface area contributed by atoms with Gasteiger partial charge in [-0.1, -0.05) is 18.2 Å². The van der Waals surface area contributed by atoms with Crippen molar-refractivity contribution in [1.82, 2.24) is 0 Å². The van der Waals surface area contributed by atoms with Crippen molar-refractivity contribution in [3.05, 3.63) is 30.3 Å². The Kier molecular flexibility index (Phi) is 3.51. The fourth-order valence-corrected chi connectivity index (χ4v) is 1.13. The predicted molar refractivity (Wildman–Crippen MR) is 46.3 cm³/mol. The summed E-state index contributed by atoms with van der Waals surface area (Å²) in [4.78, 5) is 0. The van der Waals surface area contributed by atoms with Gasteiger partial charge in [-0.15, -0.1) is 7.77 Å². The summed E-state index contributed by atoms with van der Waals surface area (Å²) in [6.45, 7) is 0. The van der Waals surface area contributed by atoms with Crippen LogP contribution in [0, 0.1) is 0 Å². The van der Waals surface area contributed by atoms with Crippen molar-refractivity contribution in [3.8, 4) is 0 Å². The van der Waals surface area contributed by atoms with Gasteiger partial charge >= 0.3 is 0 Å². The van der Waals surface area contributed by atoms with Crippen LogP contribution in [0.4, 0.5) is 13.5 Å². The first-order valence-electron chi connectivity index (χ1n) is 2.81. The van der Waals surface area contributed by atoms with Crippen molar-refractivity contribution in [1.29, 1.82) is 0 Å². The lowest BCUT2D eigenvalue weighted by molar-refractivity contribution is 0.922. The van der Waals surface area contributed by atoms with Crippen molar-refractivity contribution in [3.63, 3.8) is 0 Å². The molecule has 0 heterocycles. The average molecular weight is 193 g/mol. The van der Waals surface area contributed by atoms with E-state index in [-0.39, 0.29) is 24.7 Å². The monoisotopic (exact) mass is 193 g/mol. The molecule has 0 aliphatic heterocycles. The lowest BCUT2D eigenvalue weighted by Crippen LogP contribution is -1.97. The van der Waals surface area contributed by atoms with Gasteiger partial charge in [0.15, 0.2) is 24.7 Å². The molecule has 1 aromatic rings. The zero-order valence-corrected chi connectivity index (χ0v) is 7.04. The Morgan fingerprint density at radius 2 is 1.55 bits per heavy atom. The summed E-state index contributed by atoms with van der Waals surface area (Å²) in [5, 5.41) is 0. The van der Waals surface area contributed by atoms with Gasteiger partial charge in [0.05, 0.1) is 5.69 Å². The third kappa shape index (κ3) is 2.27. The summed E-state index contributed by atoms with van der Waals surface area (Å²) in [7, 11) is 0. The molecular weight excluding hydrogens is 188 g/mol. The van der Waals surface area contributed by atoms with Gasteiger partial charge in [-0.2, -0.15) is 0 Å². The summed E-state index contributed by atoms with van der Waals surface area (Å²) >= 11 is -0.311. The van der Waals surface area contributed by atoms with Crippen LogP contribution in [0.5, 0.6) is 0 Å². The van der Waals surface area contributed by atoms with Crippen LogP contribution in [0.2, 0.25) is 0 Å². The summed E-state index contributed by atoms with van der Waals surface area (Å²) in [5.41, 5.74) is 0.493. The molecule has 0 amide bonds. The zero-order valence-electron chi connectivity index (χ0n) is 5.41. The number of rotatable bonds is 3. The minimum atomic E-state index is -0.156. The van der Waals surface area contributed by atoms with Gasteiger partial charge in [0, 0.05) is 0 Å². The fourth-order valence-electron chi connectivity index (χ4n) is 0.640. The van der Waals surface area contributed by atoms with Gasteiger partial charge < -0.3 is 0 Å². The van der Waals surface area contributed by atoms with Crippen molar-refractivity contribution in [2.24, 2.45) is 0 Å². The van der Waals surface area contributed by atoms with E-state index in [1.807, 2.05) is 0 Å². The maximum absolute atomic E-state index is 11.9. The molecular formula is C6H5F2NS2. The largest absolute Gasteiger partial charge is 0.202 e. The Morgan fingerprint density at radius 1 is 1.00 bits per heavy atom. The van der Waals surface area contributed by atoms with E-state index in [0.717, 1.165) is 3.71 Å². The first-order valence-corrected chi connectivity index (χ1v) is 4.16. The minimum absolute atomic E-state index is 0.156. The van der Waals surface area contributed by atoms with E-state index in [0.29, 0.717) is 5.69 Å². The molecule has 11 heavy (non-hydrogen) atoms. The van der Waals surface area contributed by atoms with Crippen LogP contribution in [0.15, 0.2) is 30.3 Å². The minimum Gasteiger partial charge on any atom is -0.202 e. The van der Waals surface area contributed by atoms with Crippen LogP contribution in [0.1, 0.15) is 0 Å². The molecule has 0 unspecified atom stereocenters. The van der Waals surface area contributed by atoms with Crippen molar-refractivity contribution < 1.29 is 7.77 Å². The summed E-state index contributed by atoms with van der Waals surface area (Å²) in [6, 6.07) is 8.47. The molecule has 0 saturated heterocycles. The Morgan fingerprint density at radius 3 is 2.00 bits per heavy atom. The lowest BCUT2D eigenvalue weighted by atomic mass is 10.3. The van der Waals surface area contributed by atoms with Gasteiger partial charge in [0.1, 0.15) is 0 Å². The predicted octanol–water partition coefficient (Wildman–Crippen LogP) is 3.56. The van der Waals surface area contributed by atoms with Crippen LogP contribution in [0.25, 0.3) is 0 Å². The summed E-state index contributed by atoms with van der Waals surface area (Å²) in [5.74, 6) is 0. The van der Waals surface area contributed by atoms with Crippen molar-refractivity contribution in [2.75, 3.05) is 3.71 Å². The molecule has 0 radical (unpaired) electrons. The highest BCUT2D eigenvalue weighted by Gasteiger charge is 2.06. The highest BCUT2D eigenvalue weighted by Crippen LogP contribution is 2.30. The zero-order chi connectivity index (χ0) is 8.10. The number of benzene rings is 1. The second-order valence-corrected chi connectivity index (χ2v) is 2.97. The van der Waals surface area contributed by atoms with Crippen molar-refractivity contribution >= 4 is 30.4 Å². The number of anilines is 1. The first kappa shape index (κ1) is 8.67. The molecule has 0 aliphatic carbocycles. The fraction of sp³-hybridized carbons (Fsp3) is 0. The molecule has 0 N–H and O–H groups in total. The van der Waals surface area contributed by atoms with E-state index in [9.17, 15) is 7.77 Å². The molecule has 1 nitrogen and oxygen atoms in total. The molecule has 0 aliphatic rings. The Balaban J connectivity index is 2.74. The molecule has 5 heteroatoms. The van der Waals surface area contributed by atoms with Gasteiger partial charge in [-0.05, 0) is 12.1 Å². The van der Waals surface area contributed by atoms with E-state index in [1.54, 1.807) is 30.3 Å². The Labute approximate surface area is 72.6 Å². The van der Waals surface area contributed by atoms with E-state index < -0.39 is 0 Å². The summed E-state index contributed by atoms with van der Waals surface area (Å²) < 4.78 is 24.7. The highest BCUT2D eigenvalue weighted by molar-refractivity contribution is 8.13. The second-order valence-electron chi connectivity index (χ2n) is 1.73. The molecule has 1 aromatic carbocycles. The highest BCUT2D eigenvalue weighted by atomic mass is 32.3. The van der Waals surface area contributed by atoms with E-state index >= 15 is 0 Å². The molecule has 0 fully saturated rings. The molecule has 0 atom stereocenters. The first-order chi connectivity index (χ1) is 5.38. The molecule has 0 spiro atoms. The van der Waals surface area contributed by atoms with Crippen LogP contribution < -0.4 is 3.71 Å². The van der Waals surface area contributed by atoms with Gasteiger partial charge in [0.2, 0.25) is 0 Å². The maximum Gasteiger partial charge on any atom is 0.178 e. The number of hydrogen-bond acceptors (Lipinski definition) is 3. The smallest absolute Gasteiger partial charge is 0.178 e. The molecule has 0 saturated carbocycles. The molecule has 1 rings (SSSR count).